The van der Waals surface area contributed by atoms with Gasteiger partial charge < -0.3 is 10.1 Å². The van der Waals surface area contributed by atoms with Gasteiger partial charge in [-0.15, -0.1) is 0 Å². The summed E-state index contributed by atoms with van der Waals surface area (Å²) >= 11 is 0. The Bertz CT molecular complexity index is 453. The van der Waals surface area contributed by atoms with E-state index in [4.69, 9.17) is 5.26 Å². The second-order valence-electron chi connectivity index (χ2n) is 3.28. The molecule has 0 spiro atoms. The maximum atomic E-state index is 11.7. The average molecular weight is 247 g/mol. The Morgan fingerprint density at radius 2 is 2.06 bits per heavy atom. The van der Waals surface area contributed by atoms with Crippen LogP contribution in [0.1, 0.15) is 6.92 Å². The fourth-order valence-corrected chi connectivity index (χ4v) is 1.18. The van der Waals surface area contributed by atoms with Crippen molar-refractivity contribution in [3.05, 3.63) is 30.3 Å². The summed E-state index contributed by atoms with van der Waals surface area (Å²) in [6.07, 6.45) is -0.799. The van der Waals surface area contributed by atoms with Gasteiger partial charge in [0.1, 0.15) is 0 Å². The SMILES string of the molecule is CCOC(=O)NC(C#N)C(=O)Nc1ccccc1. The molecule has 6 heteroatoms. The zero-order chi connectivity index (χ0) is 13.4. The molecule has 0 heterocycles. The molecular formula is C12H13N3O3. The molecule has 1 atom stereocenters. The number of nitrogens with one attached hydrogen (secondary N) is 2. The number of benzene rings is 1. The highest BCUT2D eigenvalue weighted by atomic mass is 16.5. The molecule has 2 N–H and O–H groups in total. The average Bonchev–Trinajstić information content (AvgIpc) is 2.37. The maximum absolute atomic E-state index is 11.7. The maximum Gasteiger partial charge on any atom is 0.408 e. The summed E-state index contributed by atoms with van der Waals surface area (Å²) in [6, 6.07) is 9.05. The topological polar surface area (TPSA) is 91.2 Å². The van der Waals surface area contributed by atoms with Gasteiger partial charge >= 0.3 is 6.09 Å². The zero-order valence-corrected chi connectivity index (χ0v) is 9.84. The van der Waals surface area contributed by atoms with Crippen molar-refractivity contribution in [3.63, 3.8) is 0 Å². The van der Waals surface area contributed by atoms with Gasteiger partial charge in [-0.05, 0) is 19.1 Å². The first-order valence-electron chi connectivity index (χ1n) is 5.36. The Hall–Kier alpha value is -2.55. The number of hydrogen-bond donors (Lipinski definition) is 2. The molecule has 6 nitrogen and oxygen atoms in total. The predicted molar refractivity (Wildman–Crippen MR) is 64.6 cm³/mol. The normalized spacial score (nSPS) is 10.9. The highest BCUT2D eigenvalue weighted by Gasteiger charge is 2.20. The van der Waals surface area contributed by atoms with Crippen LogP contribution in [0.15, 0.2) is 30.3 Å². The third-order valence-electron chi connectivity index (χ3n) is 1.97. The second kappa shape index (κ2) is 6.91. The summed E-state index contributed by atoms with van der Waals surface area (Å²) in [5.41, 5.74) is 0.549. The van der Waals surface area contributed by atoms with Gasteiger partial charge in [0.05, 0.1) is 12.7 Å². The number of ether oxygens (including phenoxy) is 1. The number of anilines is 1. The number of alkyl carbamates (subject to hydrolysis) is 1. The van der Waals surface area contributed by atoms with Crippen molar-refractivity contribution < 1.29 is 14.3 Å². The number of carbonyl (C=O) groups excluding carboxylic acids is 2. The van der Waals surface area contributed by atoms with Crippen LogP contribution in [0.4, 0.5) is 10.5 Å². The van der Waals surface area contributed by atoms with E-state index in [-0.39, 0.29) is 6.61 Å². The van der Waals surface area contributed by atoms with E-state index in [9.17, 15) is 9.59 Å². The van der Waals surface area contributed by atoms with Gasteiger partial charge in [0, 0.05) is 5.69 Å². The van der Waals surface area contributed by atoms with Crippen LogP contribution in [0.2, 0.25) is 0 Å². The second-order valence-corrected chi connectivity index (χ2v) is 3.28. The fourth-order valence-electron chi connectivity index (χ4n) is 1.18. The van der Waals surface area contributed by atoms with E-state index in [1.54, 1.807) is 43.3 Å². The third-order valence-corrected chi connectivity index (χ3v) is 1.97. The summed E-state index contributed by atoms with van der Waals surface area (Å²) in [7, 11) is 0. The summed E-state index contributed by atoms with van der Waals surface area (Å²) in [6.45, 7) is 1.80. The summed E-state index contributed by atoms with van der Waals surface area (Å²) < 4.78 is 4.59. The van der Waals surface area contributed by atoms with Crippen molar-refractivity contribution in [2.24, 2.45) is 0 Å². The standard InChI is InChI=1S/C12H13N3O3/c1-2-18-12(17)15-10(8-13)11(16)14-9-6-4-3-5-7-9/h3-7,10H,2H2,1H3,(H,14,16)(H,15,17). The van der Waals surface area contributed by atoms with Gasteiger partial charge in [-0.2, -0.15) is 5.26 Å². The van der Waals surface area contributed by atoms with E-state index in [0.29, 0.717) is 5.69 Å². The molecule has 2 amide bonds. The lowest BCUT2D eigenvalue weighted by molar-refractivity contribution is -0.116. The van der Waals surface area contributed by atoms with E-state index in [2.05, 4.69) is 15.4 Å². The van der Waals surface area contributed by atoms with Crippen LogP contribution < -0.4 is 10.6 Å². The smallest absolute Gasteiger partial charge is 0.408 e. The monoisotopic (exact) mass is 247 g/mol. The Morgan fingerprint density at radius 3 is 2.61 bits per heavy atom. The van der Waals surface area contributed by atoms with Crippen LogP contribution in [0.5, 0.6) is 0 Å². The molecule has 0 aliphatic carbocycles. The van der Waals surface area contributed by atoms with Crippen LogP contribution in [0.3, 0.4) is 0 Å². The van der Waals surface area contributed by atoms with Gasteiger partial charge in [0.15, 0.2) is 6.04 Å². The Labute approximate surface area is 105 Å². The van der Waals surface area contributed by atoms with Crippen LogP contribution in [-0.2, 0) is 9.53 Å². The van der Waals surface area contributed by atoms with Crippen LogP contribution >= 0.6 is 0 Å². The van der Waals surface area contributed by atoms with Gasteiger partial charge in [-0.1, -0.05) is 18.2 Å². The first kappa shape index (κ1) is 13.5. The van der Waals surface area contributed by atoms with Crippen molar-refractivity contribution in [1.29, 1.82) is 5.26 Å². The molecule has 0 aliphatic rings. The van der Waals surface area contributed by atoms with E-state index in [0.717, 1.165) is 0 Å². The third kappa shape index (κ3) is 4.14. The number of para-hydroxylation sites is 1. The highest BCUT2D eigenvalue weighted by molar-refractivity contribution is 5.98. The minimum absolute atomic E-state index is 0.171. The van der Waals surface area contributed by atoms with Crippen molar-refractivity contribution in [2.75, 3.05) is 11.9 Å². The molecule has 0 bridgehead atoms. The number of carbonyl (C=O) groups is 2. The molecule has 0 saturated carbocycles. The molecule has 1 aromatic carbocycles. The number of amides is 2. The first-order chi connectivity index (χ1) is 8.67. The van der Waals surface area contributed by atoms with Crippen molar-refractivity contribution >= 4 is 17.7 Å². The quantitative estimate of drug-likeness (QED) is 0.838. The molecule has 1 rings (SSSR count). The number of hydrogen-bond acceptors (Lipinski definition) is 4. The van der Waals surface area contributed by atoms with Crippen LogP contribution in [-0.4, -0.2) is 24.6 Å². The minimum atomic E-state index is -1.29. The van der Waals surface area contributed by atoms with Gasteiger partial charge in [-0.3, -0.25) is 10.1 Å². The Balaban J connectivity index is 2.58. The van der Waals surface area contributed by atoms with E-state index in [1.165, 1.54) is 0 Å². The fraction of sp³-hybridized carbons (Fsp3) is 0.250. The van der Waals surface area contributed by atoms with Crippen LogP contribution in [0, 0.1) is 11.3 Å². The van der Waals surface area contributed by atoms with E-state index < -0.39 is 18.0 Å². The summed E-state index contributed by atoms with van der Waals surface area (Å²) in [5.74, 6) is -0.614. The minimum Gasteiger partial charge on any atom is -0.450 e. The molecule has 1 aromatic rings. The molecule has 94 valence electrons. The lowest BCUT2D eigenvalue weighted by atomic mass is 10.2. The molecule has 0 aromatic heterocycles. The van der Waals surface area contributed by atoms with E-state index >= 15 is 0 Å². The van der Waals surface area contributed by atoms with Gasteiger partial charge in [-0.25, -0.2) is 4.79 Å². The Morgan fingerprint density at radius 1 is 1.39 bits per heavy atom. The summed E-state index contributed by atoms with van der Waals surface area (Å²) in [4.78, 5) is 22.8. The van der Waals surface area contributed by atoms with Crippen LogP contribution in [0.25, 0.3) is 0 Å². The molecule has 18 heavy (non-hydrogen) atoms. The summed E-state index contributed by atoms with van der Waals surface area (Å²) in [5, 5.41) is 13.5. The first-order valence-corrected chi connectivity index (χ1v) is 5.36. The highest BCUT2D eigenvalue weighted by Crippen LogP contribution is 2.05. The number of rotatable bonds is 4. The van der Waals surface area contributed by atoms with Crippen molar-refractivity contribution in [3.8, 4) is 6.07 Å². The Kier molecular flexibility index (Phi) is 5.19. The molecule has 0 aliphatic heterocycles. The molecule has 0 saturated heterocycles. The zero-order valence-electron chi connectivity index (χ0n) is 9.84. The molecule has 1 unspecified atom stereocenters. The largest absolute Gasteiger partial charge is 0.450 e. The van der Waals surface area contributed by atoms with Gasteiger partial charge in [0.2, 0.25) is 0 Å². The number of nitrogens with zero attached hydrogens (tertiary/aromatic N) is 1. The number of nitriles is 1. The lowest BCUT2D eigenvalue weighted by Gasteiger charge is -2.11. The predicted octanol–water partition coefficient (Wildman–Crippen LogP) is 1.26. The molecule has 0 fully saturated rings. The van der Waals surface area contributed by atoms with Crippen molar-refractivity contribution in [2.45, 2.75) is 13.0 Å². The van der Waals surface area contributed by atoms with Crippen molar-refractivity contribution in [1.82, 2.24) is 5.32 Å². The molecular weight excluding hydrogens is 234 g/mol. The molecule has 0 radical (unpaired) electrons. The lowest BCUT2D eigenvalue weighted by Crippen LogP contribution is -2.43. The van der Waals surface area contributed by atoms with E-state index in [1.807, 2.05) is 0 Å². The van der Waals surface area contributed by atoms with Gasteiger partial charge in [0.25, 0.3) is 5.91 Å².